The standard InChI is InChI=1S/C20H32N4O2.HI/c1-15(2)13-16-9-12-24(14-16)20(21-3)23-11-10-22-19(25)17-5-7-18(26-4)8-6-17;/h5-8,15-16H,9-14H2,1-4H3,(H,21,23)(H,22,25);1H. The molecule has 1 saturated heterocycles. The van der Waals surface area contributed by atoms with Crippen molar-refractivity contribution in [2.45, 2.75) is 26.7 Å². The van der Waals surface area contributed by atoms with Crippen molar-refractivity contribution >= 4 is 35.8 Å². The Labute approximate surface area is 180 Å². The van der Waals surface area contributed by atoms with Crippen LogP contribution >= 0.6 is 24.0 Å². The molecule has 6 nitrogen and oxygen atoms in total. The van der Waals surface area contributed by atoms with Crippen molar-refractivity contribution in [3.63, 3.8) is 0 Å². The van der Waals surface area contributed by atoms with Gasteiger partial charge in [0.05, 0.1) is 7.11 Å². The first-order chi connectivity index (χ1) is 12.5. The van der Waals surface area contributed by atoms with Crippen LogP contribution in [0, 0.1) is 11.8 Å². The van der Waals surface area contributed by atoms with E-state index in [1.54, 1.807) is 31.4 Å². The number of hydrogen-bond donors (Lipinski definition) is 2. The third-order valence-electron chi connectivity index (χ3n) is 4.65. The monoisotopic (exact) mass is 488 g/mol. The summed E-state index contributed by atoms with van der Waals surface area (Å²) < 4.78 is 5.10. The normalized spacial score (nSPS) is 16.9. The van der Waals surface area contributed by atoms with E-state index in [1.807, 2.05) is 7.05 Å². The first kappa shape index (κ1) is 23.5. The molecule has 0 bridgehead atoms. The summed E-state index contributed by atoms with van der Waals surface area (Å²) in [6.07, 6.45) is 2.50. The van der Waals surface area contributed by atoms with Gasteiger partial charge in [-0.25, -0.2) is 0 Å². The number of carbonyl (C=O) groups excluding carboxylic acids is 1. The number of amides is 1. The number of benzene rings is 1. The molecule has 1 aliphatic heterocycles. The molecule has 1 amide bonds. The van der Waals surface area contributed by atoms with Crippen LogP contribution in [-0.2, 0) is 0 Å². The summed E-state index contributed by atoms with van der Waals surface area (Å²) in [7, 11) is 3.42. The van der Waals surface area contributed by atoms with Gasteiger partial charge < -0.3 is 20.3 Å². The lowest BCUT2D eigenvalue weighted by Gasteiger charge is -2.22. The average molecular weight is 488 g/mol. The fourth-order valence-corrected chi connectivity index (χ4v) is 3.41. The Bertz CT molecular complexity index is 605. The van der Waals surface area contributed by atoms with E-state index < -0.39 is 0 Å². The van der Waals surface area contributed by atoms with Crippen LogP contribution in [0.4, 0.5) is 0 Å². The van der Waals surface area contributed by atoms with E-state index in [4.69, 9.17) is 4.74 Å². The number of hydrogen-bond acceptors (Lipinski definition) is 3. The van der Waals surface area contributed by atoms with E-state index in [1.165, 1.54) is 12.8 Å². The van der Waals surface area contributed by atoms with Gasteiger partial charge in [-0.2, -0.15) is 0 Å². The summed E-state index contributed by atoms with van der Waals surface area (Å²) in [6.45, 7) is 7.88. The zero-order chi connectivity index (χ0) is 18.9. The molecule has 0 spiro atoms. The Balaban J connectivity index is 0.00000364. The molecule has 0 aliphatic carbocycles. The molecule has 27 heavy (non-hydrogen) atoms. The molecular formula is C20H33IN4O2. The molecule has 2 rings (SSSR count). The summed E-state index contributed by atoms with van der Waals surface area (Å²) in [5.41, 5.74) is 0.631. The molecule has 0 radical (unpaired) electrons. The van der Waals surface area contributed by atoms with Crippen molar-refractivity contribution in [2.75, 3.05) is 40.3 Å². The number of carbonyl (C=O) groups is 1. The molecular weight excluding hydrogens is 455 g/mol. The summed E-state index contributed by atoms with van der Waals surface area (Å²) in [5.74, 6) is 3.08. The van der Waals surface area contributed by atoms with Crippen LogP contribution in [0.3, 0.4) is 0 Å². The van der Waals surface area contributed by atoms with Crippen LogP contribution in [-0.4, -0.2) is 57.1 Å². The van der Waals surface area contributed by atoms with Gasteiger partial charge in [0.1, 0.15) is 5.75 Å². The Morgan fingerprint density at radius 3 is 2.52 bits per heavy atom. The van der Waals surface area contributed by atoms with Crippen molar-refractivity contribution in [3.8, 4) is 5.75 Å². The minimum atomic E-state index is -0.0809. The maximum atomic E-state index is 12.1. The molecule has 1 aliphatic rings. The largest absolute Gasteiger partial charge is 0.497 e. The second kappa shape index (κ2) is 12.0. The molecule has 1 aromatic carbocycles. The highest BCUT2D eigenvalue weighted by atomic mass is 127. The lowest BCUT2D eigenvalue weighted by atomic mass is 9.97. The van der Waals surface area contributed by atoms with Gasteiger partial charge >= 0.3 is 0 Å². The predicted molar refractivity (Wildman–Crippen MR) is 121 cm³/mol. The van der Waals surface area contributed by atoms with Crippen molar-refractivity contribution in [1.29, 1.82) is 0 Å². The predicted octanol–water partition coefficient (Wildman–Crippen LogP) is 2.99. The maximum Gasteiger partial charge on any atom is 0.251 e. The quantitative estimate of drug-likeness (QED) is 0.268. The number of nitrogens with zero attached hydrogens (tertiary/aromatic N) is 2. The van der Waals surface area contributed by atoms with E-state index >= 15 is 0 Å². The number of methoxy groups -OCH3 is 1. The number of likely N-dealkylation sites (tertiary alicyclic amines) is 1. The Kier molecular flexibility index (Phi) is 10.5. The zero-order valence-electron chi connectivity index (χ0n) is 16.8. The van der Waals surface area contributed by atoms with Crippen LogP contribution in [0.25, 0.3) is 0 Å². The van der Waals surface area contributed by atoms with E-state index in [0.717, 1.165) is 36.6 Å². The van der Waals surface area contributed by atoms with Crippen molar-refractivity contribution in [2.24, 2.45) is 16.8 Å². The molecule has 7 heteroatoms. The SMILES string of the molecule is CN=C(NCCNC(=O)c1ccc(OC)cc1)N1CCC(CC(C)C)C1.I. The molecule has 1 heterocycles. The number of aliphatic imine (C=N–C) groups is 1. The Morgan fingerprint density at radius 2 is 1.93 bits per heavy atom. The van der Waals surface area contributed by atoms with Gasteiger partial charge in [0.2, 0.25) is 0 Å². The van der Waals surface area contributed by atoms with Gasteiger partial charge in [0.15, 0.2) is 5.96 Å². The molecule has 0 saturated carbocycles. The van der Waals surface area contributed by atoms with Crippen molar-refractivity contribution in [1.82, 2.24) is 15.5 Å². The molecule has 0 aromatic heterocycles. The zero-order valence-corrected chi connectivity index (χ0v) is 19.2. The molecule has 1 aromatic rings. The number of guanidine groups is 1. The summed E-state index contributed by atoms with van der Waals surface area (Å²) >= 11 is 0. The lowest BCUT2D eigenvalue weighted by Crippen LogP contribution is -2.43. The van der Waals surface area contributed by atoms with Crippen LogP contribution in [0.2, 0.25) is 0 Å². The first-order valence-electron chi connectivity index (χ1n) is 9.41. The number of halogens is 1. The summed E-state index contributed by atoms with van der Waals surface area (Å²) in [5, 5.41) is 6.28. The maximum absolute atomic E-state index is 12.1. The highest BCUT2D eigenvalue weighted by Crippen LogP contribution is 2.23. The second-order valence-electron chi connectivity index (χ2n) is 7.19. The highest BCUT2D eigenvalue weighted by Gasteiger charge is 2.25. The van der Waals surface area contributed by atoms with Crippen LogP contribution in [0.5, 0.6) is 5.75 Å². The van der Waals surface area contributed by atoms with Crippen LogP contribution in [0.15, 0.2) is 29.3 Å². The van der Waals surface area contributed by atoms with Gasteiger partial charge in [-0.15, -0.1) is 24.0 Å². The van der Waals surface area contributed by atoms with Gasteiger partial charge in [-0.1, -0.05) is 13.8 Å². The van der Waals surface area contributed by atoms with Gasteiger partial charge in [-0.05, 0) is 48.9 Å². The van der Waals surface area contributed by atoms with Crippen LogP contribution < -0.4 is 15.4 Å². The molecule has 152 valence electrons. The van der Waals surface area contributed by atoms with Gasteiger partial charge in [0.25, 0.3) is 5.91 Å². The lowest BCUT2D eigenvalue weighted by molar-refractivity contribution is 0.0954. The minimum absolute atomic E-state index is 0. The van der Waals surface area contributed by atoms with Crippen molar-refractivity contribution in [3.05, 3.63) is 29.8 Å². The fraction of sp³-hybridized carbons (Fsp3) is 0.600. The van der Waals surface area contributed by atoms with E-state index in [0.29, 0.717) is 18.7 Å². The number of nitrogens with one attached hydrogen (secondary N) is 2. The third kappa shape index (κ3) is 7.56. The summed E-state index contributed by atoms with van der Waals surface area (Å²) in [6, 6.07) is 7.10. The highest BCUT2D eigenvalue weighted by molar-refractivity contribution is 14.0. The first-order valence-corrected chi connectivity index (χ1v) is 9.41. The topological polar surface area (TPSA) is 66.0 Å². The molecule has 1 fully saturated rings. The van der Waals surface area contributed by atoms with E-state index in [2.05, 4.69) is 34.4 Å². The Hall–Kier alpha value is -1.51. The number of rotatable bonds is 7. The Morgan fingerprint density at radius 1 is 1.26 bits per heavy atom. The van der Waals surface area contributed by atoms with Crippen molar-refractivity contribution < 1.29 is 9.53 Å². The summed E-state index contributed by atoms with van der Waals surface area (Å²) in [4.78, 5) is 18.8. The van der Waals surface area contributed by atoms with Gasteiger partial charge in [0, 0.05) is 38.8 Å². The minimum Gasteiger partial charge on any atom is -0.497 e. The van der Waals surface area contributed by atoms with Gasteiger partial charge in [-0.3, -0.25) is 9.79 Å². The third-order valence-corrected chi connectivity index (χ3v) is 4.65. The smallest absolute Gasteiger partial charge is 0.251 e. The molecule has 1 unspecified atom stereocenters. The second-order valence-corrected chi connectivity index (χ2v) is 7.19. The van der Waals surface area contributed by atoms with Crippen LogP contribution in [0.1, 0.15) is 37.0 Å². The fourth-order valence-electron chi connectivity index (χ4n) is 3.41. The van der Waals surface area contributed by atoms with E-state index in [9.17, 15) is 4.79 Å². The average Bonchev–Trinajstić information content (AvgIpc) is 3.09. The van der Waals surface area contributed by atoms with E-state index in [-0.39, 0.29) is 29.9 Å². The molecule has 1 atom stereocenters. The molecule has 2 N–H and O–H groups in total. The number of ether oxygens (including phenoxy) is 1.